The van der Waals surface area contributed by atoms with Crippen molar-refractivity contribution in [1.82, 2.24) is 0 Å². The quantitative estimate of drug-likeness (QED) is 0.0771. The Morgan fingerprint density at radius 2 is 1.06 bits per heavy atom. The van der Waals surface area contributed by atoms with Crippen LogP contribution in [0.15, 0.2) is 0 Å². The summed E-state index contributed by atoms with van der Waals surface area (Å²) in [6.07, 6.45) is 9.01. The van der Waals surface area contributed by atoms with E-state index < -0.39 is 40.6 Å². The summed E-state index contributed by atoms with van der Waals surface area (Å²) in [4.78, 5) is 0. The van der Waals surface area contributed by atoms with Crippen LogP contribution in [0.2, 0.25) is 0 Å². The fourth-order valence-corrected chi connectivity index (χ4v) is 4.11. The molecule has 0 radical (unpaired) electrons. The maximum Gasteiger partial charge on any atom is 0.283 e. The van der Waals surface area contributed by atoms with Gasteiger partial charge in [-0.25, -0.2) is 22.0 Å². The Hall–Kier alpha value is -1.25. The van der Waals surface area contributed by atoms with E-state index in [1.807, 2.05) is 0 Å². The van der Waals surface area contributed by atoms with Gasteiger partial charge in [-0.15, -0.1) is 0 Å². The van der Waals surface area contributed by atoms with Crippen molar-refractivity contribution < 1.29 is 36.5 Å². The first-order chi connectivity index (χ1) is 15.7. The Morgan fingerprint density at radius 1 is 0.636 bits per heavy atom. The lowest BCUT2D eigenvalue weighted by Gasteiger charge is -2.35. The third-order valence-corrected chi connectivity index (χ3v) is 5.90. The molecule has 0 saturated heterocycles. The first-order valence-corrected chi connectivity index (χ1v) is 12.2. The number of ether oxygens (including phenoxy) is 2. The first kappa shape index (κ1) is 29.8. The van der Waals surface area contributed by atoms with Crippen LogP contribution in [0.3, 0.4) is 0 Å². The van der Waals surface area contributed by atoms with Crippen LogP contribution in [-0.2, 0) is 15.9 Å². The second-order valence-corrected chi connectivity index (χ2v) is 8.40. The summed E-state index contributed by atoms with van der Waals surface area (Å²) in [5.74, 6) is -11.5. The molecule has 0 aromatic heterocycles. The zero-order valence-corrected chi connectivity index (χ0v) is 20.1. The van der Waals surface area contributed by atoms with Crippen molar-refractivity contribution in [1.29, 1.82) is 0 Å². The van der Waals surface area contributed by atoms with Gasteiger partial charge in [0.1, 0.15) is 0 Å². The van der Waals surface area contributed by atoms with Gasteiger partial charge in [0, 0.05) is 24.7 Å². The van der Waals surface area contributed by atoms with Gasteiger partial charge in [-0.05, 0) is 39.5 Å². The summed E-state index contributed by atoms with van der Waals surface area (Å²) < 4.78 is 78.6. The van der Waals surface area contributed by atoms with E-state index >= 15 is 0 Å². The number of hydrogen-bond donors (Lipinski definition) is 1. The van der Waals surface area contributed by atoms with Crippen LogP contribution in [-0.4, -0.2) is 24.3 Å². The van der Waals surface area contributed by atoms with Gasteiger partial charge in [0.05, 0.1) is 0 Å². The lowest BCUT2D eigenvalue weighted by atomic mass is 9.91. The molecule has 8 heteroatoms. The summed E-state index contributed by atoms with van der Waals surface area (Å²) in [7, 11) is 0. The van der Waals surface area contributed by atoms with E-state index in [2.05, 4.69) is 6.92 Å². The maximum atomic E-state index is 13.8. The fourth-order valence-electron chi connectivity index (χ4n) is 4.11. The highest BCUT2D eigenvalue weighted by molar-refractivity contribution is 5.24. The molecule has 0 aliphatic carbocycles. The minimum atomic E-state index is -2.14. The summed E-state index contributed by atoms with van der Waals surface area (Å²) >= 11 is 0. The molecule has 1 unspecified atom stereocenters. The van der Waals surface area contributed by atoms with Gasteiger partial charge in [0.15, 0.2) is 23.3 Å². The summed E-state index contributed by atoms with van der Waals surface area (Å²) in [5.41, 5.74) is -0.782. The Balaban J connectivity index is 2.66. The van der Waals surface area contributed by atoms with Gasteiger partial charge in [-0.2, -0.15) is 0 Å². The van der Waals surface area contributed by atoms with E-state index in [0.29, 0.717) is 25.7 Å². The zero-order chi connectivity index (χ0) is 24.9. The lowest BCUT2D eigenvalue weighted by Crippen LogP contribution is -2.44. The topological polar surface area (TPSA) is 38.7 Å². The Bertz CT molecular complexity index is 664. The number of hydrogen-bond acceptors (Lipinski definition) is 3. The highest BCUT2D eigenvalue weighted by atomic mass is 19.2. The minimum absolute atomic E-state index is 0.254. The Kier molecular flexibility index (Phi) is 14.1. The predicted octanol–water partition coefficient (Wildman–Crippen LogP) is 7.57. The molecule has 0 aliphatic heterocycles. The normalized spacial score (nSPS) is 13.0. The van der Waals surface area contributed by atoms with Crippen molar-refractivity contribution >= 4 is 0 Å². The maximum absolute atomic E-state index is 13.8. The number of aliphatic hydroxyl groups is 1. The molecule has 0 amide bonds. The van der Waals surface area contributed by atoms with Gasteiger partial charge in [0.2, 0.25) is 5.82 Å². The van der Waals surface area contributed by atoms with Crippen LogP contribution in [0.1, 0.15) is 97.0 Å². The molecule has 0 bridgehead atoms. The SMILES string of the molecule is CCCCCCCCC(CCCCCc1c(F)c(F)c(F)c(F)c1F)C(O)(OCC)OCC. The van der Waals surface area contributed by atoms with Crippen molar-refractivity contribution in [3.8, 4) is 0 Å². The van der Waals surface area contributed by atoms with Gasteiger partial charge in [0.25, 0.3) is 5.97 Å². The van der Waals surface area contributed by atoms with E-state index in [9.17, 15) is 27.1 Å². The molecule has 0 saturated carbocycles. The van der Waals surface area contributed by atoms with Crippen molar-refractivity contribution in [2.75, 3.05) is 13.2 Å². The number of halogens is 5. The van der Waals surface area contributed by atoms with E-state index in [0.717, 1.165) is 19.3 Å². The summed E-state index contributed by atoms with van der Waals surface area (Å²) in [6.45, 7) is 6.27. The highest BCUT2D eigenvalue weighted by Gasteiger charge is 2.38. The van der Waals surface area contributed by atoms with Crippen molar-refractivity contribution in [3.63, 3.8) is 0 Å². The standard InChI is InChI=1S/C25H39F5O3/c1-4-7-8-9-10-12-15-18(25(31,32-5-2)33-6-3)16-13-11-14-17-19-20(26)22(28)24(30)23(29)21(19)27/h18,31H,4-17H2,1-3H3. The smallest absolute Gasteiger partial charge is 0.283 e. The largest absolute Gasteiger partial charge is 0.343 e. The molecule has 0 aliphatic rings. The molecule has 1 N–H and O–H groups in total. The van der Waals surface area contributed by atoms with Crippen molar-refractivity contribution in [2.45, 2.75) is 104 Å². The van der Waals surface area contributed by atoms with Gasteiger partial charge in [-0.1, -0.05) is 58.3 Å². The van der Waals surface area contributed by atoms with E-state index in [-0.39, 0.29) is 32.0 Å². The molecule has 1 atom stereocenters. The van der Waals surface area contributed by atoms with E-state index in [1.165, 1.54) is 19.3 Å². The van der Waals surface area contributed by atoms with Crippen LogP contribution < -0.4 is 0 Å². The third-order valence-electron chi connectivity index (χ3n) is 5.90. The second-order valence-electron chi connectivity index (χ2n) is 8.40. The zero-order valence-electron chi connectivity index (χ0n) is 20.1. The minimum Gasteiger partial charge on any atom is -0.343 e. The molecule has 192 valence electrons. The van der Waals surface area contributed by atoms with Crippen LogP contribution in [0.4, 0.5) is 22.0 Å². The van der Waals surface area contributed by atoms with Crippen LogP contribution in [0.5, 0.6) is 0 Å². The van der Waals surface area contributed by atoms with E-state index in [1.54, 1.807) is 13.8 Å². The molecule has 0 fully saturated rings. The molecule has 1 rings (SSSR count). The average Bonchev–Trinajstić information content (AvgIpc) is 2.79. The summed E-state index contributed by atoms with van der Waals surface area (Å²) in [6, 6.07) is 0. The monoisotopic (exact) mass is 482 g/mol. The van der Waals surface area contributed by atoms with Gasteiger partial charge < -0.3 is 14.6 Å². The van der Waals surface area contributed by atoms with Gasteiger partial charge >= 0.3 is 0 Å². The number of rotatable bonds is 18. The molecule has 33 heavy (non-hydrogen) atoms. The van der Waals surface area contributed by atoms with Crippen molar-refractivity contribution in [3.05, 3.63) is 34.6 Å². The molecular formula is C25H39F5O3. The molecular weight excluding hydrogens is 443 g/mol. The Morgan fingerprint density at radius 3 is 1.55 bits per heavy atom. The van der Waals surface area contributed by atoms with Crippen LogP contribution in [0, 0.1) is 35.0 Å². The molecule has 0 heterocycles. The fraction of sp³-hybridized carbons (Fsp3) is 0.760. The summed E-state index contributed by atoms with van der Waals surface area (Å²) in [5, 5.41) is 10.9. The Labute approximate surface area is 194 Å². The highest BCUT2D eigenvalue weighted by Crippen LogP contribution is 2.32. The third kappa shape index (κ3) is 9.13. The lowest BCUT2D eigenvalue weighted by molar-refractivity contribution is -0.385. The molecule has 1 aromatic carbocycles. The van der Waals surface area contributed by atoms with Crippen LogP contribution >= 0.6 is 0 Å². The van der Waals surface area contributed by atoms with Crippen LogP contribution in [0.25, 0.3) is 0 Å². The first-order valence-electron chi connectivity index (χ1n) is 12.2. The number of unbranched alkanes of at least 4 members (excludes halogenated alkanes) is 7. The molecule has 0 spiro atoms. The van der Waals surface area contributed by atoms with Crippen molar-refractivity contribution in [2.24, 2.45) is 5.92 Å². The predicted molar refractivity (Wildman–Crippen MR) is 118 cm³/mol. The second kappa shape index (κ2) is 15.6. The number of benzene rings is 1. The van der Waals surface area contributed by atoms with Gasteiger partial charge in [-0.3, -0.25) is 0 Å². The molecule has 3 nitrogen and oxygen atoms in total. The van der Waals surface area contributed by atoms with E-state index in [4.69, 9.17) is 9.47 Å². The molecule has 1 aromatic rings. The average molecular weight is 483 g/mol.